The van der Waals surface area contributed by atoms with Gasteiger partial charge in [0.2, 0.25) is 53.2 Å². The van der Waals surface area contributed by atoms with Gasteiger partial charge in [0.25, 0.3) is 0 Å². The van der Waals surface area contributed by atoms with E-state index >= 15 is 0 Å². The zero-order valence-electron chi connectivity index (χ0n) is 53.7. The van der Waals surface area contributed by atoms with Gasteiger partial charge in [0.1, 0.15) is 73.1 Å². The molecular formula is C61H102N14O14. The predicted octanol–water partition coefficient (Wildman–Crippen LogP) is -1.17. The van der Waals surface area contributed by atoms with E-state index in [-0.39, 0.29) is 37.2 Å². The van der Waals surface area contributed by atoms with Gasteiger partial charge in [0, 0.05) is 6.54 Å². The van der Waals surface area contributed by atoms with Gasteiger partial charge < -0.3 is 84.9 Å². The molecule has 0 aromatic heterocycles. The maximum Gasteiger partial charge on any atom is 0.329 e. The number of guanidine groups is 1. The Hall–Kier alpha value is -7.46. The molecule has 1 aliphatic carbocycles. The van der Waals surface area contributed by atoms with Gasteiger partial charge in [0.05, 0.1) is 12.6 Å². The third-order valence-electron chi connectivity index (χ3n) is 17.0. The Labute approximate surface area is 523 Å². The maximum atomic E-state index is 14.5. The Kier molecular flexibility index (Phi) is 32.5. The number of cyclic esters (lactones) is 1. The van der Waals surface area contributed by atoms with Crippen molar-refractivity contribution in [2.45, 2.75) is 219 Å². The summed E-state index contributed by atoms with van der Waals surface area (Å²) in [6, 6.07) is -5.08. The highest BCUT2D eigenvalue weighted by Gasteiger charge is 2.42. The minimum Gasteiger partial charge on any atom is -0.462 e. The van der Waals surface area contributed by atoms with Crippen molar-refractivity contribution >= 4 is 71.1 Å². The molecule has 2 aliphatic rings. The highest BCUT2D eigenvalue weighted by atomic mass is 16.5. The molecule has 0 radical (unpaired) electrons. The van der Waals surface area contributed by atoms with Crippen LogP contribution in [0.15, 0.2) is 35.3 Å². The highest BCUT2D eigenvalue weighted by molar-refractivity contribution is 5.99. The maximum absolute atomic E-state index is 14.5. The zero-order chi connectivity index (χ0) is 66.7. The molecule has 1 aromatic rings. The van der Waals surface area contributed by atoms with Crippen molar-refractivity contribution in [1.82, 2.24) is 53.2 Å². The van der Waals surface area contributed by atoms with Crippen LogP contribution in [0.3, 0.4) is 0 Å². The lowest BCUT2D eigenvalue weighted by atomic mass is 9.83. The van der Waals surface area contributed by atoms with Gasteiger partial charge >= 0.3 is 11.9 Å². The topological polar surface area (TPSA) is 437 Å². The molecule has 1 aliphatic heterocycles. The van der Waals surface area contributed by atoms with Gasteiger partial charge in [-0.15, -0.1) is 0 Å². The number of esters is 2. The van der Waals surface area contributed by atoms with Crippen molar-refractivity contribution in [3.8, 4) is 0 Å². The summed E-state index contributed by atoms with van der Waals surface area (Å²) >= 11 is 0. The van der Waals surface area contributed by atoms with Crippen LogP contribution in [0, 0.1) is 29.6 Å². The fourth-order valence-corrected chi connectivity index (χ4v) is 10.2. The number of rotatable bonds is 32. The first-order valence-electron chi connectivity index (χ1n) is 31.4. The molecule has 2 fully saturated rings. The number of amides is 9. The molecule has 0 spiro atoms. The van der Waals surface area contributed by atoms with E-state index in [2.05, 4.69) is 58.2 Å². The summed E-state index contributed by atoms with van der Waals surface area (Å²) in [5.41, 5.74) is 18.2. The van der Waals surface area contributed by atoms with E-state index in [0.29, 0.717) is 44.9 Å². The first-order valence-corrected chi connectivity index (χ1v) is 31.4. The monoisotopic (exact) mass is 1250 g/mol. The molecule has 16 atom stereocenters. The van der Waals surface area contributed by atoms with Crippen LogP contribution in [0.5, 0.6) is 0 Å². The Morgan fingerprint density at radius 1 is 0.674 bits per heavy atom. The Bertz CT molecular complexity index is 2550. The number of likely N-dealkylation sites (N-methyl/N-ethyl adjacent to an activating group) is 1. The van der Waals surface area contributed by atoms with Crippen LogP contribution in [0.2, 0.25) is 0 Å². The summed E-state index contributed by atoms with van der Waals surface area (Å²) < 4.78 is 11.3. The molecule has 9 amide bonds. The number of benzene rings is 1. The van der Waals surface area contributed by atoms with Gasteiger partial charge in [-0.25, -0.2) is 9.59 Å². The first kappa shape index (κ1) is 75.8. The molecule has 28 nitrogen and oxygen atoms in total. The van der Waals surface area contributed by atoms with Crippen molar-refractivity contribution in [2.75, 3.05) is 26.8 Å². The second-order valence-corrected chi connectivity index (χ2v) is 23.8. The largest absolute Gasteiger partial charge is 0.462 e. The van der Waals surface area contributed by atoms with Crippen molar-refractivity contribution in [2.24, 2.45) is 51.8 Å². The number of nitrogens with two attached hydrogens (primary N) is 3. The van der Waals surface area contributed by atoms with E-state index < -0.39 is 169 Å². The van der Waals surface area contributed by atoms with E-state index in [1.165, 1.54) is 13.8 Å². The lowest BCUT2D eigenvalue weighted by Crippen LogP contribution is -2.63. The molecule has 28 heteroatoms. The van der Waals surface area contributed by atoms with E-state index in [0.717, 1.165) is 24.8 Å². The molecular weight excluding hydrogens is 1150 g/mol. The summed E-state index contributed by atoms with van der Waals surface area (Å²) in [4.78, 5) is 158. The van der Waals surface area contributed by atoms with Gasteiger partial charge in [-0.05, 0) is 88.2 Å². The molecule has 3 rings (SSSR count). The van der Waals surface area contributed by atoms with E-state index in [1.54, 1.807) is 48.6 Å². The summed E-state index contributed by atoms with van der Waals surface area (Å²) in [6.45, 7) is 15.0. The predicted molar refractivity (Wildman–Crippen MR) is 332 cm³/mol. The lowest BCUT2D eigenvalue weighted by Gasteiger charge is -2.32. The number of aliphatic hydroxyl groups excluding tert-OH is 1. The van der Waals surface area contributed by atoms with Gasteiger partial charge in [-0.2, -0.15) is 0 Å². The van der Waals surface area contributed by atoms with E-state index in [4.69, 9.17) is 26.7 Å². The first-order chi connectivity index (χ1) is 42.2. The summed E-state index contributed by atoms with van der Waals surface area (Å²) in [7, 11) is 1.63. The SMILES string of the molecule is CC[C@H](C)[C@H](NC(=O)[C@H](NC(=O)[C@@H](CCCN=C(N)N)NC(=O)[C@@H](N)COC(=O)[C@@H](NC(=O)[C@@H](Cc1ccccc1)NC)[C@@H](C)CC)[C@@H](C)CC)C(=O)N[C@@H](CO)C(=O)N[C@H]1C(=O)N[C@@H](C)C(=O)N[C@@H](C2CCCCC2)C(=O)N[C@@H]([C@@H](C)CC)C(=O)O[C@H]1C. The third kappa shape index (κ3) is 23.8. The summed E-state index contributed by atoms with van der Waals surface area (Å²) in [5, 5.41) is 37.4. The molecule has 17 N–H and O–H groups in total. The van der Waals surface area contributed by atoms with Crippen LogP contribution in [0.4, 0.5) is 0 Å². The number of hydrogen-bond acceptors (Lipinski definition) is 17. The Balaban J connectivity index is 1.83. The normalized spacial score (nSPS) is 22.2. The number of nitrogens with zero attached hydrogens (tertiary/aromatic N) is 1. The van der Waals surface area contributed by atoms with Crippen LogP contribution in [-0.2, 0) is 68.6 Å². The van der Waals surface area contributed by atoms with Crippen molar-refractivity contribution in [3.05, 3.63) is 35.9 Å². The number of carbonyl (C=O) groups is 11. The molecule has 1 aromatic carbocycles. The fraction of sp³-hybridized carbons (Fsp3) is 0.705. The number of aliphatic imine (C=N–C) groups is 1. The number of ether oxygens (including phenoxy) is 2. The van der Waals surface area contributed by atoms with Crippen molar-refractivity contribution < 1.29 is 67.3 Å². The van der Waals surface area contributed by atoms with Crippen LogP contribution in [0.25, 0.3) is 0 Å². The molecule has 89 heavy (non-hydrogen) atoms. The third-order valence-corrected chi connectivity index (χ3v) is 17.0. The summed E-state index contributed by atoms with van der Waals surface area (Å²) in [5.74, 6) is -11.6. The van der Waals surface area contributed by atoms with Crippen molar-refractivity contribution in [3.63, 3.8) is 0 Å². The van der Waals surface area contributed by atoms with Crippen LogP contribution in [0.1, 0.15) is 145 Å². The van der Waals surface area contributed by atoms with E-state index in [1.807, 2.05) is 44.2 Å². The van der Waals surface area contributed by atoms with E-state index in [9.17, 15) is 57.8 Å². The highest BCUT2D eigenvalue weighted by Crippen LogP contribution is 2.28. The molecule has 1 saturated heterocycles. The average molecular weight is 1260 g/mol. The minimum absolute atomic E-state index is 0.0422. The van der Waals surface area contributed by atoms with Crippen LogP contribution >= 0.6 is 0 Å². The molecule has 0 bridgehead atoms. The van der Waals surface area contributed by atoms with Gasteiger partial charge in [-0.3, -0.25) is 48.1 Å². The minimum atomic E-state index is -1.78. The van der Waals surface area contributed by atoms with Crippen LogP contribution < -0.4 is 70.4 Å². The molecule has 1 saturated carbocycles. The quantitative estimate of drug-likeness (QED) is 0.0175. The average Bonchev–Trinajstić information content (AvgIpc) is 2.49. The Morgan fingerprint density at radius 2 is 1.22 bits per heavy atom. The van der Waals surface area contributed by atoms with Gasteiger partial charge in [0.15, 0.2) is 5.96 Å². The fourth-order valence-electron chi connectivity index (χ4n) is 10.2. The number of aliphatic hydroxyl groups is 1. The molecule has 500 valence electrons. The lowest BCUT2D eigenvalue weighted by molar-refractivity contribution is -0.157. The number of nitrogens with one attached hydrogen (secondary N) is 10. The van der Waals surface area contributed by atoms with Crippen molar-refractivity contribution in [1.29, 1.82) is 0 Å². The Morgan fingerprint density at radius 3 is 1.79 bits per heavy atom. The number of carbonyl (C=O) groups excluding carboxylic acids is 11. The standard InChI is InChI=1S/C61H102N14O14/c1-12-32(5)44(55(82)69-43(30-76)54(81)74-48-37(10)89-60(87)47(35(8)15-4)73-58(85)49(39-25-20-17-21-26-39)75-50(77)36(9)67-57(48)84)71-56(83)45(33(6)13-2)70-52(79)41(27-22-28-66-61(63)64)68-51(78)40(62)31-88-59(86)46(34(7)14-3)72-53(80)42(65-11)29-38-23-18-16-19-24-38/h16,18-19,23-24,32-37,39-49,65,76H,12-15,17,20-22,25-31,62H2,1-11H3,(H,67,84)(H,68,78)(H,69,82)(H,70,79)(H,71,83)(H,72,80)(H,73,85)(H,74,81)(H,75,77)(H4,63,64,66)/t32-,33-,34-,35-,36-,37-,40-,41+,42+,43-,44-,45+,46-,47-,48+,49-/m0/s1. The summed E-state index contributed by atoms with van der Waals surface area (Å²) in [6.07, 6.45) is 4.45. The zero-order valence-corrected chi connectivity index (χ0v) is 53.7. The second-order valence-electron chi connectivity index (χ2n) is 23.8. The molecule has 1 heterocycles. The smallest absolute Gasteiger partial charge is 0.329 e. The van der Waals surface area contributed by atoms with Crippen LogP contribution in [-0.4, -0.2) is 176 Å². The van der Waals surface area contributed by atoms with Gasteiger partial charge in [-0.1, -0.05) is 131 Å². The molecule has 0 unspecified atom stereocenters. The second kappa shape index (κ2) is 38.2. The number of hydrogen-bond donors (Lipinski definition) is 14.